The van der Waals surface area contributed by atoms with Crippen molar-refractivity contribution >= 4 is 0 Å². The maximum Gasteiger partial charge on any atom is 0.118 e. The molecule has 0 radical (unpaired) electrons. The third kappa shape index (κ3) is 5.49. The van der Waals surface area contributed by atoms with Crippen LogP contribution < -0.4 is 15.2 Å². The van der Waals surface area contributed by atoms with Crippen LogP contribution in [0.1, 0.15) is 30.4 Å². The van der Waals surface area contributed by atoms with Gasteiger partial charge in [0, 0.05) is 19.3 Å². The second-order valence-electron chi connectivity index (χ2n) is 8.30. The van der Waals surface area contributed by atoms with Crippen LogP contribution in [0.3, 0.4) is 0 Å². The van der Waals surface area contributed by atoms with Gasteiger partial charge in [0.15, 0.2) is 0 Å². The summed E-state index contributed by atoms with van der Waals surface area (Å²) in [6.45, 7) is 2.38. The van der Waals surface area contributed by atoms with Crippen LogP contribution in [0.4, 0.5) is 0 Å². The van der Waals surface area contributed by atoms with Crippen LogP contribution in [0.25, 0.3) is 0 Å². The SMILES string of the molecule is COc1ccc(CCC[N+](C)(CCCc2ccc(OC)cc2)C2CC2N)cc1. The van der Waals surface area contributed by atoms with E-state index >= 15 is 0 Å². The fourth-order valence-electron chi connectivity index (χ4n) is 4.23. The van der Waals surface area contributed by atoms with E-state index in [2.05, 4.69) is 55.6 Å². The Bertz CT molecular complexity index is 674. The van der Waals surface area contributed by atoms with Crippen LogP contribution in [-0.2, 0) is 12.8 Å². The minimum absolute atomic E-state index is 0.381. The first kappa shape index (κ1) is 20.7. The largest absolute Gasteiger partial charge is 0.497 e. The number of likely N-dealkylation sites (N-methyl/N-ethyl adjacent to an activating group) is 1. The Labute approximate surface area is 169 Å². The average molecular weight is 384 g/mol. The van der Waals surface area contributed by atoms with Crippen LogP contribution in [-0.4, -0.2) is 50.9 Å². The maximum atomic E-state index is 6.24. The van der Waals surface area contributed by atoms with Gasteiger partial charge in [0.2, 0.25) is 0 Å². The summed E-state index contributed by atoms with van der Waals surface area (Å²) in [4.78, 5) is 0. The van der Waals surface area contributed by atoms with Crippen molar-refractivity contribution in [3.05, 3.63) is 59.7 Å². The fourth-order valence-corrected chi connectivity index (χ4v) is 4.23. The van der Waals surface area contributed by atoms with E-state index < -0.39 is 0 Å². The first-order valence-corrected chi connectivity index (χ1v) is 10.4. The van der Waals surface area contributed by atoms with Crippen LogP contribution in [0.15, 0.2) is 48.5 Å². The van der Waals surface area contributed by atoms with Crippen molar-refractivity contribution in [1.82, 2.24) is 0 Å². The van der Waals surface area contributed by atoms with Crippen LogP contribution in [0.5, 0.6) is 11.5 Å². The summed E-state index contributed by atoms with van der Waals surface area (Å²) in [7, 11) is 5.82. The molecule has 2 aromatic carbocycles. The minimum atomic E-state index is 0.381. The normalized spacial score (nSPS) is 18.7. The number of hydrogen-bond donors (Lipinski definition) is 1. The van der Waals surface area contributed by atoms with Crippen LogP contribution >= 0.6 is 0 Å². The molecule has 2 aromatic rings. The first-order valence-electron chi connectivity index (χ1n) is 10.4. The van der Waals surface area contributed by atoms with Gasteiger partial charge in [-0.25, -0.2) is 0 Å². The highest BCUT2D eigenvalue weighted by molar-refractivity contribution is 5.27. The zero-order valence-corrected chi connectivity index (χ0v) is 17.6. The Morgan fingerprint density at radius 3 is 1.54 bits per heavy atom. The molecule has 1 aliphatic rings. The molecule has 0 saturated heterocycles. The second kappa shape index (κ2) is 9.44. The molecule has 0 amide bonds. The van der Waals surface area contributed by atoms with Crippen molar-refractivity contribution in [3.63, 3.8) is 0 Å². The molecule has 152 valence electrons. The Hall–Kier alpha value is -2.04. The molecule has 28 heavy (non-hydrogen) atoms. The van der Waals surface area contributed by atoms with Crippen molar-refractivity contribution in [2.24, 2.45) is 5.73 Å². The molecule has 1 aliphatic carbocycles. The van der Waals surface area contributed by atoms with E-state index in [1.54, 1.807) is 14.2 Å². The van der Waals surface area contributed by atoms with Gasteiger partial charge in [-0.15, -0.1) is 0 Å². The molecule has 0 spiro atoms. The molecular weight excluding hydrogens is 348 g/mol. The molecular formula is C24H35N2O2+. The van der Waals surface area contributed by atoms with Gasteiger partial charge in [-0.3, -0.25) is 0 Å². The number of aryl methyl sites for hydroxylation is 2. The lowest BCUT2D eigenvalue weighted by Crippen LogP contribution is -2.50. The van der Waals surface area contributed by atoms with E-state index in [1.165, 1.54) is 43.5 Å². The quantitative estimate of drug-likeness (QED) is 0.600. The second-order valence-corrected chi connectivity index (χ2v) is 8.30. The number of nitrogens with zero attached hydrogens (tertiary/aromatic N) is 1. The van der Waals surface area contributed by atoms with Crippen LogP contribution in [0.2, 0.25) is 0 Å². The molecule has 4 heteroatoms. The standard InChI is InChI=1S/C24H35N2O2/c1-26(24-18-23(24)25,16-4-6-19-8-12-21(27-2)13-9-19)17-5-7-20-10-14-22(28-3)15-11-20/h8-15,23-24H,4-7,16-18,25H2,1-3H3/q+1. The Morgan fingerprint density at radius 1 is 0.821 bits per heavy atom. The number of benzene rings is 2. The molecule has 2 unspecified atom stereocenters. The van der Waals surface area contributed by atoms with Gasteiger partial charge in [-0.2, -0.15) is 0 Å². The summed E-state index contributed by atoms with van der Waals surface area (Å²) in [6, 6.07) is 17.9. The lowest BCUT2D eigenvalue weighted by molar-refractivity contribution is -0.920. The minimum Gasteiger partial charge on any atom is -0.497 e. The molecule has 4 nitrogen and oxygen atoms in total. The number of quaternary nitrogens is 1. The van der Waals surface area contributed by atoms with Crippen molar-refractivity contribution < 1.29 is 14.0 Å². The van der Waals surface area contributed by atoms with Crippen molar-refractivity contribution in [2.75, 3.05) is 34.4 Å². The van der Waals surface area contributed by atoms with Gasteiger partial charge in [0.25, 0.3) is 0 Å². The molecule has 3 rings (SSSR count). The molecule has 0 aromatic heterocycles. The van der Waals surface area contributed by atoms with Gasteiger partial charge >= 0.3 is 0 Å². The van der Waals surface area contributed by atoms with E-state index in [4.69, 9.17) is 15.2 Å². The number of nitrogens with two attached hydrogens (primary N) is 1. The van der Waals surface area contributed by atoms with E-state index in [9.17, 15) is 0 Å². The summed E-state index contributed by atoms with van der Waals surface area (Å²) < 4.78 is 11.6. The lowest BCUT2D eigenvalue weighted by atomic mass is 10.1. The van der Waals surface area contributed by atoms with Crippen molar-refractivity contribution in [2.45, 2.75) is 44.2 Å². The average Bonchev–Trinajstić information content (AvgIpc) is 3.47. The molecule has 2 atom stereocenters. The van der Waals surface area contributed by atoms with Crippen molar-refractivity contribution in [1.29, 1.82) is 0 Å². The van der Waals surface area contributed by atoms with E-state index in [-0.39, 0.29) is 0 Å². The monoisotopic (exact) mass is 383 g/mol. The number of rotatable bonds is 11. The molecule has 0 aliphatic heterocycles. The predicted molar refractivity (Wildman–Crippen MR) is 115 cm³/mol. The highest BCUT2D eigenvalue weighted by atomic mass is 16.5. The zero-order valence-electron chi connectivity index (χ0n) is 17.6. The van der Waals surface area contributed by atoms with Gasteiger partial charge in [0.05, 0.1) is 40.4 Å². The summed E-state index contributed by atoms with van der Waals surface area (Å²) >= 11 is 0. The van der Waals surface area contributed by atoms with E-state index in [0.717, 1.165) is 28.8 Å². The van der Waals surface area contributed by atoms with Crippen LogP contribution in [0, 0.1) is 0 Å². The lowest BCUT2D eigenvalue weighted by Gasteiger charge is -2.35. The Kier molecular flexibility index (Phi) is 6.97. The predicted octanol–water partition coefficient (Wildman–Crippen LogP) is 3.82. The highest BCUT2D eigenvalue weighted by Gasteiger charge is 2.48. The van der Waals surface area contributed by atoms with E-state index in [0.29, 0.717) is 12.1 Å². The van der Waals surface area contributed by atoms with E-state index in [1.807, 2.05) is 0 Å². The smallest absolute Gasteiger partial charge is 0.118 e. The summed E-state index contributed by atoms with van der Waals surface area (Å²) in [5.74, 6) is 1.85. The number of hydrogen-bond acceptors (Lipinski definition) is 3. The van der Waals surface area contributed by atoms with Gasteiger partial charge < -0.3 is 19.7 Å². The third-order valence-electron chi connectivity index (χ3n) is 6.19. The summed E-state index contributed by atoms with van der Waals surface area (Å²) in [5, 5.41) is 0. The maximum absolute atomic E-state index is 6.24. The molecule has 0 heterocycles. The topological polar surface area (TPSA) is 44.5 Å². The number of ether oxygens (including phenoxy) is 2. The van der Waals surface area contributed by atoms with Crippen molar-refractivity contribution in [3.8, 4) is 11.5 Å². The summed E-state index contributed by atoms with van der Waals surface area (Å²) in [5.41, 5.74) is 9.00. The van der Waals surface area contributed by atoms with Gasteiger partial charge in [-0.05, 0) is 48.2 Å². The molecule has 1 fully saturated rings. The molecule has 0 bridgehead atoms. The van der Waals surface area contributed by atoms with Gasteiger partial charge in [-0.1, -0.05) is 24.3 Å². The Morgan fingerprint density at radius 2 is 1.21 bits per heavy atom. The fraction of sp³-hybridized carbons (Fsp3) is 0.500. The Balaban J connectivity index is 1.49. The zero-order chi connectivity index (χ0) is 20.0. The van der Waals surface area contributed by atoms with Gasteiger partial charge in [0.1, 0.15) is 17.5 Å². The first-order chi connectivity index (χ1) is 13.5. The molecule has 1 saturated carbocycles. The number of methoxy groups -OCH3 is 2. The highest BCUT2D eigenvalue weighted by Crippen LogP contribution is 2.32. The third-order valence-corrected chi connectivity index (χ3v) is 6.19. The molecule has 2 N–H and O–H groups in total. The summed E-state index contributed by atoms with van der Waals surface area (Å²) in [6.07, 6.45) is 5.77.